The molecule has 0 spiro atoms. The van der Waals surface area contributed by atoms with Gasteiger partial charge in [0.15, 0.2) is 0 Å². The predicted octanol–water partition coefficient (Wildman–Crippen LogP) is 2.59. The van der Waals surface area contributed by atoms with Gasteiger partial charge in [0.2, 0.25) is 5.79 Å². The van der Waals surface area contributed by atoms with Gasteiger partial charge in [0.25, 0.3) is 0 Å². The highest BCUT2D eigenvalue weighted by atomic mass is 35.5. The summed E-state index contributed by atoms with van der Waals surface area (Å²) in [5, 5.41) is 10.6. The Morgan fingerprint density at radius 3 is 2.30 bits per heavy atom. The van der Waals surface area contributed by atoms with Gasteiger partial charge in [0.1, 0.15) is 0 Å². The van der Waals surface area contributed by atoms with Crippen LogP contribution in [0, 0.1) is 0 Å². The Bertz CT molecular complexity index is 482. The van der Waals surface area contributed by atoms with E-state index >= 15 is 0 Å². The van der Waals surface area contributed by atoms with Crippen molar-refractivity contribution in [2.75, 3.05) is 0 Å². The molecule has 1 rings (SSSR count). The number of hydrogen-bond acceptors (Lipinski definition) is 4. The molecule has 0 aliphatic heterocycles. The SMILES string of the molecule is C=CC(=O)OC(O)(CC)c1ccccc1C(C)(C)N.Cl. The van der Waals surface area contributed by atoms with Gasteiger partial charge in [0.05, 0.1) is 0 Å². The minimum Gasteiger partial charge on any atom is -0.426 e. The van der Waals surface area contributed by atoms with Gasteiger partial charge in [-0.1, -0.05) is 37.8 Å². The lowest BCUT2D eigenvalue weighted by atomic mass is 9.86. The summed E-state index contributed by atoms with van der Waals surface area (Å²) in [6, 6.07) is 7.13. The lowest BCUT2D eigenvalue weighted by Gasteiger charge is -2.32. The molecular formula is C15H22ClNO3. The highest BCUT2D eigenvalue weighted by Gasteiger charge is 2.35. The first-order chi connectivity index (χ1) is 8.74. The van der Waals surface area contributed by atoms with Crippen molar-refractivity contribution in [3.8, 4) is 0 Å². The lowest BCUT2D eigenvalue weighted by molar-refractivity contribution is -0.212. The van der Waals surface area contributed by atoms with Crippen molar-refractivity contribution in [1.82, 2.24) is 0 Å². The minimum atomic E-state index is -1.70. The van der Waals surface area contributed by atoms with E-state index in [0.29, 0.717) is 5.56 Å². The van der Waals surface area contributed by atoms with Gasteiger partial charge < -0.3 is 15.6 Å². The van der Waals surface area contributed by atoms with Crippen LogP contribution in [0.5, 0.6) is 0 Å². The number of carbonyl (C=O) groups is 1. The molecule has 0 radical (unpaired) electrons. The average Bonchev–Trinajstić information content (AvgIpc) is 2.37. The quantitative estimate of drug-likeness (QED) is 0.498. The molecule has 0 bridgehead atoms. The third kappa shape index (κ3) is 4.07. The molecule has 1 unspecified atom stereocenters. The predicted molar refractivity (Wildman–Crippen MR) is 81.4 cm³/mol. The number of rotatable bonds is 5. The summed E-state index contributed by atoms with van der Waals surface area (Å²) >= 11 is 0. The Labute approximate surface area is 126 Å². The van der Waals surface area contributed by atoms with Crippen molar-refractivity contribution < 1.29 is 14.6 Å². The van der Waals surface area contributed by atoms with E-state index in [9.17, 15) is 9.90 Å². The molecule has 0 aliphatic rings. The van der Waals surface area contributed by atoms with Crippen LogP contribution in [0.1, 0.15) is 38.3 Å². The number of nitrogens with two attached hydrogens (primary N) is 1. The second-order valence-electron chi connectivity index (χ2n) is 5.03. The van der Waals surface area contributed by atoms with Crippen LogP contribution in [-0.4, -0.2) is 11.1 Å². The maximum absolute atomic E-state index is 11.4. The van der Waals surface area contributed by atoms with Crippen LogP contribution in [0.2, 0.25) is 0 Å². The smallest absolute Gasteiger partial charge is 0.332 e. The lowest BCUT2D eigenvalue weighted by Crippen LogP contribution is -2.37. The van der Waals surface area contributed by atoms with E-state index in [2.05, 4.69) is 6.58 Å². The Balaban J connectivity index is 0.00000361. The van der Waals surface area contributed by atoms with Crippen LogP contribution >= 0.6 is 12.4 Å². The Hall–Kier alpha value is -1.36. The van der Waals surface area contributed by atoms with Crippen molar-refractivity contribution in [3.05, 3.63) is 48.0 Å². The van der Waals surface area contributed by atoms with Gasteiger partial charge >= 0.3 is 5.97 Å². The highest BCUT2D eigenvalue weighted by Crippen LogP contribution is 2.33. The number of halogens is 1. The van der Waals surface area contributed by atoms with Crippen LogP contribution in [0.25, 0.3) is 0 Å². The summed E-state index contributed by atoms with van der Waals surface area (Å²) in [5.74, 6) is -2.37. The molecule has 1 aromatic rings. The van der Waals surface area contributed by atoms with Crippen molar-refractivity contribution >= 4 is 18.4 Å². The zero-order valence-electron chi connectivity index (χ0n) is 12.1. The van der Waals surface area contributed by atoms with E-state index in [-0.39, 0.29) is 18.8 Å². The molecule has 112 valence electrons. The highest BCUT2D eigenvalue weighted by molar-refractivity contribution is 5.85. The van der Waals surface area contributed by atoms with E-state index in [1.165, 1.54) is 0 Å². The Morgan fingerprint density at radius 1 is 1.40 bits per heavy atom. The van der Waals surface area contributed by atoms with Gasteiger partial charge in [0, 0.05) is 23.6 Å². The first-order valence-corrected chi connectivity index (χ1v) is 6.21. The maximum atomic E-state index is 11.4. The average molecular weight is 300 g/mol. The second kappa shape index (κ2) is 6.88. The zero-order valence-corrected chi connectivity index (χ0v) is 12.9. The molecule has 0 saturated heterocycles. The van der Waals surface area contributed by atoms with Gasteiger partial charge in [-0.15, -0.1) is 12.4 Å². The number of carbonyl (C=O) groups excluding carboxylic acids is 1. The van der Waals surface area contributed by atoms with Gasteiger partial charge in [-0.3, -0.25) is 0 Å². The molecule has 0 heterocycles. The summed E-state index contributed by atoms with van der Waals surface area (Å²) in [6.07, 6.45) is 1.25. The minimum absolute atomic E-state index is 0. The molecule has 1 aromatic carbocycles. The maximum Gasteiger partial charge on any atom is 0.332 e. The monoisotopic (exact) mass is 299 g/mol. The normalized spacial score (nSPS) is 13.8. The summed E-state index contributed by atoms with van der Waals surface area (Å²) in [5.41, 5.74) is 6.68. The van der Waals surface area contributed by atoms with Gasteiger partial charge in [-0.2, -0.15) is 0 Å². The van der Waals surface area contributed by atoms with Crippen LogP contribution in [0.15, 0.2) is 36.9 Å². The molecule has 0 aliphatic carbocycles. The fourth-order valence-corrected chi connectivity index (χ4v) is 1.91. The van der Waals surface area contributed by atoms with Crippen molar-refractivity contribution in [2.24, 2.45) is 5.73 Å². The van der Waals surface area contributed by atoms with Crippen LogP contribution in [-0.2, 0) is 20.9 Å². The number of aliphatic hydroxyl groups is 1. The Morgan fingerprint density at radius 2 is 1.90 bits per heavy atom. The van der Waals surface area contributed by atoms with Crippen LogP contribution in [0.3, 0.4) is 0 Å². The molecule has 5 heteroatoms. The first-order valence-electron chi connectivity index (χ1n) is 6.21. The second-order valence-corrected chi connectivity index (χ2v) is 5.03. The third-order valence-corrected chi connectivity index (χ3v) is 2.96. The third-order valence-electron chi connectivity index (χ3n) is 2.96. The van der Waals surface area contributed by atoms with Crippen LogP contribution < -0.4 is 5.73 Å². The summed E-state index contributed by atoms with van der Waals surface area (Å²) in [7, 11) is 0. The molecule has 1 atom stereocenters. The van der Waals surface area contributed by atoms with E-state index in [0.717, 1.165) is 11.6 Å². The molecular weight excluding hydrogens is 278 g/mol. The van der Waals surface area contributed by atoms with Crippen molar-refractivity contribution in [1.29, 1.82) is 0 Å². The van der Waals surface area contributed by atoms with Gasteiger partial charge in [-0.25, -0.2) is 4.79 Å². The molecule has 0 amide bonds. The van der Waals surface area contributed by atoms with Crippen LogP contribution in [0.4, 0.5) is 0 Å². The molecule has 0 aromatic heterocycles. The summed E-state index contributed by atoms with van der Waals surface area (Å²) in [6.45, 7) is 8.73. The number of esters is 1. The number of ether oxygens (including phenoxy) is 1. The summed E-state index contributed by atoms with van der Waals surface area (Å²) in [4.78, 5) is 11.4. The fourth-order valence-electron chi connectivity index (χ4n) is 1.91. The number of hydrogen-bond donors (Lipinski definition) is 2. The standard InChI is InChI=1S/C15H21NO3.ClH/c1-5-13(17)19-15(18,6-2)12-10-8-7-9-11(12)14(3,4)16;/h5,7-10,18H,1,6,16H2,2-4H3;1H. The first kappa shape index (κ1) is 18.6. The molecule has 0 saturated carbocycles. The van der Waals surface area contributed by atoms with E-state index in [1.54, 1.807) is 19.1 Å². The van der Waals surface area contributed by atoms with E-state index in [1.807, 2.05) is 26.0 Å². The van der Waals surface area contributed by atoms with Gasteiger partial charge in [-0.05, 0) is 19.4 Å². The molecule has 4 nitrogen and oxygen atoms in total. The zero-order chi connectivity index (χ0) is 14.7. The summed E-state index contributed by atoms with van der Waals surface area (Å²) < 4.78 is 5.10. The molecule has 0 fully saturated rings. The Kier molecular flexibility index (Phi) is 6.41. The van der Waals surface area contributed by atoms with E-state index < -0.39 is 17.3 Å². The largest absolute Gasteiger partial charge is 0.426 e. The topological polar surface area (TPSA) is 72.5 Å². The van der Waals surface area contributed by atoms with E-state index in [4.69, 9.17) is 10.5 Å². The molecule has 20 heavy (non-hydrogen) atoms. The number of benzene rings is 1. The fraction of sp³-hybridized carbons (Fsp3) is 0.400. The molecule has 3 N–H and O–H groups in total. The van der Waals surface area contributed by atoms with Crippen molar-refractivity contribution in [2.45, 2.75) is 38.5 Å². The van der Waals surface area contributed by atoms with Crippen molar-refractivity contribution in [3.63, 3.8) is 0 Å².